The molecule has 3 atom stereocenters. The third-order valence-electron chi connectivity index (χ3n) is 5.66. The number of rotatable bonds is 7. The van der Waals surface area contributed by atoms with Gasteiger partial charge in [-0.2, -0.15) is 0 Å². The third kappa shape index (κ3) is 4.51. The van der Waals surface area contributed by atoms with E-state index in [1.54, 1.807) is 0 Å². The highest BCUT2D eigenvalue weighted by Gasteiger charge is 2.46. The van der Waals surface area contributed by atoms with Gasteiger partial charge in [-0.05, 0) is 43.2 Å². The number of benzene rings is 1. The van der Waals surface area contributed by atoms with E-state index in [0.29, 0.717) is 18.8 Å². The Hall–Kier alpha value is -2.43. The van der Waals surface area contributed by atoms with Gasteiger partial charge in [0.1, 0.15) is 0 Å². The van der Waals surface area contributed by atoms with Gasteiger partial charge >= 0.3 is 0 Å². The van der Waals surface area contributed by atoms with E-state index in [1.165, 1.54) is 10.5 Å². The smallest absolute Gasteiger partial charge is 0.233 e. The molecule has 150 valence electrons. The van der Waals surface area contributed by atoms with E-state index in [2.05, 4.69) is 31.3 Å². The summed E-state index contributed by atoms with van der Waals surface area (Å²) in [6.07, 6.45) is 6.37. The number of nitrogens with zero attached hydrogens (tertiary/aromatic N) is 1. The maximum atomic E-state index is 12.5. The maximum Gasteiger partial charge on any atom is 0.233 e. The van der Waals surface area contributed by atoms with Crippen LogP contribution in [0.2, 0.25) is 0 Å². The van der Waals surface area contributed by atoms with Crippen molar-refractivity contribution in [2.24, 2.45) is 17.8 Å². The number of amides is 3. The number of hydrogen-bond acceptors (Lipinski definition) is 3. The lowest BCUT2D eigenvalue weighted by atomic mass is 9.85. The van der Waals surface area contributed by atoms with Crippen molar-refractivity contribution in [3.8, 4) is 0 Å². The van der Waals surface area contributed by atoms with Gasteiger partial charge in [-0.1, -0.05) is 50.3 Å². The molecule has 3 amide bonds. The Kier molecular flexibility index (Phi) is 6.32. The number of carbonyl (C=O) groups excluding carboxylic acids is 3. The van der Waals surface area contributed by atoms with E-state index in [0.717, 1.165) is 12.0 Å². The van der Waals surface area contributed by atoms with Crippen LogP contribution in [0, 0.1) is 17.8 Å². The molecule has 1 aromatic rings. The highest BCUT2D eigenvalue weighted by molar-refractivity contribution is 6.05. The molecule has 5 nitrogen and oxygen atoms in total. The predicted molar refractivity (Wildman–Crippen MR) is 108 cm³/mol. The zero-order chi connectivity index (χ0) is 20.3. The summed E-state index contributed by atoms with van der Waals surface area (Å²) >= 11 is 0. The molecular formula is C23H30N2O3. The van der Waals surface area contributed by atoms with Crippen LogP contribution in [0.5, 0.6) is 0 Å². The van der Waals surface area contributed by atoms with Gasteiger partial charge in [0, 0.05) is 13.0 Å². The largest absolute Gasteiger partial charge is 0.350 e. The minimum absolute atomic E-state index is 0.114. The number of allylic oxidation sites excluding steroid dienone is 2. The van der Waals surface area contributed by atoms with Crippen LogP contribution in [0.25, 0.3) is 0 Å². The van der Waals surface area contributed by atoms with E-state index >= 15 is 0 Å². The molecule has 0 aromatic heterocycles. The van der Waals surface area contributed by atoms with Crippen LogP contribution in [-0.2, 0) is 20.8 Å². The van der Waals surface area contributed by atoms with Gasteiger partial charge in [0.05, 0.1) is 17.9 Å². The summed E-state index contributed by atoms with van der Waals surface area (Å²) in [5.41, 5.74) is 2.34. The fraction of sp³-hybridized carbons (Fsp3) is 0.522. The number of fused-ring (bicyclic) bond motifs is 1. The molecule has 1 aliphatic carbocycles. The van der Waals surface area contributed by atoms with E-state index < -0.39 is 0 Å². The third-order valence-corrected chi connectivity index (χ3v) is 5.66. The SMILES string of the molecule is CC(C)Cc1ccc([C@H](C)NC(=O)CCN2C(=O)[C@H]3CC=CC[C@H]3C2=O)cc1. The summed E-state index contributed by atoms with van der Waals surface area (Å²) in [7, 11) is 0. The van der Waals surface area contributed by atoms with E-state index in [9.17, 15) is 14.4 Å². The Labute approximate surface area is 167 Å². The van der Waals surface area contributed by atoms with Crippen molar-refractivity contribution in [2.45, 2.75) is 52.5 Å². The number of likely N-dealkylation sites (tertiary alicyclic amines) is 1. The highest BCUT2D eigenvalue weighted by atomic mass is 16.2. The average Bonchev–Trinajstić information content (AvgIpc) is 2.91. The number of nitrogens with one attached hydrogen (secondary N) is 1. The lowest BCUT2D eigenvalue weighted by Gasteiger charge is -2.17. The Bertz CT molecular complexity index is 741. The number of carbonyl (C=O) groups is 3. The second kappa shape index (κ2) is 8.72. The van der Waals surface area contributed by atoms with Crippen molar-refractivity contribution in [3.63, 3.8) is 0 Å². The van der Waals surface area contributed by atoms with Gasteiger partial charge in [-0.3, -0.25) is 19.3 Å². The molecule has 28 heavy (non-hydrogen) atoms. The van der Waals surface area contributed by atoms with Crippen LogP contribution in [0.4, 0.5) is 0 Å². The first-order valence-corrected chi connectivity index (χ1v) is 10.2. The lowest BCUT2D eigenvalue weighted by molar-refractivity contribution is -0.140. The molecule has 1 fully saturated rings. The van der Waals surface area contributed by atoms with Crippen molar-refractivity contribution in [3.05, 3.63) is 47.5 Å². The summed E-state index contributed by atoms with van der Waals surface area (Å²) in [4.78, 5) is 38.5. The van der Waals surface area contributed by atoms with Crippen molar-refractivity contribution in [2.75, 3.05) is 6.54 Å². The maximum absolute atomic E-state index is 12.5. The van der Waals surface area contributed by atoms with Gasteiger partial charge < -0.3 is 5.32 Å². The minimum atomic E-state index is -0.233. The fourth-order valence-corrected chi connectivity index (χ4v) is 4.11. The van der Waals surface area contributed by atoms with Gasteiger partial charge in [0.2, 0.25) is 17.7 Å². The van der Waals surface area contributed by atoms with Crippen molar-refractivity contribution in [1.29, 1.82) is 0 Å². The topological polar surface area (TPSA) is 66.5 Å². The molecule has 1 aliphatic heterocycles. The standard InChI is InChI=1S/C23H30N2O3/c1-15(2)14-17-8-10-18(11-9-17)16(3)24-21(26)12-13-25-22(27)19-6-4-5-7-20(19)23(25)28/h4-5,8-11,15-16,19-20H,6-7,12-14H2,1-3H3,(H,24,26)/t16-,19-,20+/m0/s1. The zero-order valence-electron chi connectivity index (χ0n) is 17.0. The van der Waals surface area contributed by atoms with E-state index in [-0.39, 0.29) is 48.6 Å². The van der Waals surface area contributed by atoms with Crippen LogP contribution in [0.15, 0.2) is 36.4 Å². The first-order valence-electron chi connectivity index (χ1n) is 10.2. The van der Waals surface area contributed by atoms with Gasteiger partial charge in [-0.15, -0.1) is 0 Å². The molecule has 1 saturated heterocycles. The Morgan fingerprint density at radius 3 is 2.14 bits per heavy atom. The molecule has 5 heteroatoms. The van der Waals surface area contributed by atoms with Crippen LogP contribution in [-0.4, -0.2) is 29.2 Å². The molecular weight excluding hydrogens is 352 g/mol. The molecule has 0 unspecified atom stereocenters. The lowest BCUT2D eigenvalue weighted by Crippen LogP contribution is -2.36. The molecule has 2 aliphatic rings. The minimum Gasteiger partial charge on any atom is -0.350 e. The van der Waals surface area contributed by atoms with Gasteiger partial charge in [0.15, 0.2) is 0 Å². The van der Waals surface area contributed by atoms with E-state index in [4.69, 9.17) is 0 Å². The fourth-order valence-electron chi connectivity index (χ4n) is 4.11. The first-order chi connectivity index (χ1) is 13.4. The Balaban J connectivity index is 1.50. The molecule has 1 heterocycles. The second-order valence-corrected chi connectivity index (χ2v) is 8.36. The molecule has 0 saturated carbocycles. The average molecular weight is 383 g/mol. The Morgan fingerprint density at radius 1 is 1.04 bits per heavy atom. The summed E-state index contributed by atoms with van der Waals surface area (Å²) in [6.45, 7) is 6.49. The molecule has 0 spiro atoms. The highest BCUT2D eigenvalue weighted by Crippen LogP contribution is 2.35. The normalized spacial score (nSPS) is 22.5. The monoisotopic (exact) mass is 382 g/mol. The molecule has 3 rings (SSSR count). The quantitative estimate of drug-likeness (QED) is 0.581. The number of imide groups is 1. The van der Waals surface area contributed by atoms with Crippen molar-refractivity contribution >= 4 is 17.7 Å². The summed E-state index contributed by atoms with van der Waals surface area (Å²) < 4.78 is 0. The molecule has 1 aromatic carbocycles. The summed E-state index contributed by atoms with van der Waals surface area (Å²) in [6, 6.07) is 8.20. The van der Waals surface area contributed by atoms with Gasteiger partial charge in [-0.25, -0.2) is 0 Å². The zero-order valence-corrected chi connectivity index (χ0v) is 17.0. The first kappa shape index (κ1) is 20.3. The second-order valence-electron chi connectivity index (χ2n) is 8.36. The predicted octanol–water partition coefficient (Wildman–Crippen LogP) is 3.40. The van der Waals surface area contributed by atoms with Crippen molar-refractivity contribution < 1.29 is 14.4 Å². The summed E-state index contributed by atoms with van der Waals surface area (Å²) in [5, 5.41) is 2.97. The van der Waals surface area contributed by atoms with Crippen LogP contribution in [0.3, 0.4) is 0 Å². The number of hydrogen-bond donors (Lipinski definition) is 1. The van der Waals surface area contributed by atoms with Crippen molar-refractivity contribution in [1.82, 2.24) is 10.2 Å². The van der Waals surface area contributed by atoms with Gasteiger partial charge in [0.25, 0.3) is 0 Å². The Morgan fingerprint density at radius 2 is 1.61 bits per heavy atom. The van der Waals surface area contributed by atoms with Crippen LogP contribution < -0.4 is 5.32 Å². The van der Waals surface area contributed by atoms with Crippen LogP contribution in [0.1, 0.15) is 57.2 Å². The van der Waals surface area contributed by atoms with Crippen LogP contribution >= 0.6 is 0 Å². The summed E-state index contributed by atoms with van der Waals surface area (Å²) in [5.74, 6) is -0.250. The molecule has 0 bridgehead atoms. The molecule has 1 N–H and O–H groups in total. The van der Waals surface area contributed by atoms with E-state index in [1.807, 2.05) is 31.2 Å². The molecule has 0 radical (unpaired) electrons.